The Morgan fingerprint density at radius 1 is 0.515 bits per heavy atom. The van der Waals surface area contributed by atoms with Crippen molar-refractivity contribution in [3.63, 3.8) is 0 Å². The first kappa shape index (κ1) is 42.0. The minimum atomic E-state index is -0.728. The van der Waals surface area contributed by atoms with Gasteiger partial charge in [-0.1, -0.05) is 84.9 Å². The number of hydrogen-bond donors (Lipinski definition) is 4. The highest BCUT2D eigenvalue weighted by Crippen LogP contribution is 2.41. The molecular formula is C52H50N8O4S2. The normalized spacial score (nSPS) is 19.2. The minimum absolute atomic E-state index is 0.00270. The molecule has 3 aromatic carbocycles. The topological polar surface area (TPSA) is 156 Å². The van der Waals surface area contributed by atoms with Crippen LogP contribution in [0.1, 0.15) is 98.3 Å². The fraction of sp³-hybridized carbons (Fsp3) is 0.308. The average Bonchev–Trinajstić information content (AvgIpc) is 3.83. The summed E-state index contributed by atoms with van der Waals surface area (Å²) in [4.78, 5) is 78.8. The highest BCUT2D eigenvalue weighted by atomic mass is 32.1. The number of benzene rings is 3. The lowest BCUT2D eigenvalue weighted by atomic mass is 10.0. The largest absolute Gasteiger partial charge is 0.340 e. The van der Waals surface area contributed by atoms with Gasteiger partial charge in [0.15, 0.2) is 0 Å². The maximum absolute atomic E-state index is 14.1. The lowest BCUT2D eigenvalue weighted by molar-refractivity contribution is -0.138. The summed E-state index contributed by atoms with van der Waals surface area (Å²) < 4.78 is 0. The van der Waals surface area contributed by atoms with Crippen molar-refractivity contribution < 1.29 is 19.2 Å². The number of carbonyl (C=O) groups excluding carboxylic acids is 4. The molecule has 6 heterocycles. The van der Waals surface area contributed by atoms with Crippen LogP contribution in [-0.2, 0) is 19.2 Å². The number of aromatic amines is 2. The van der Waals surface area contributed by atoms with Crippen LogP contribution >= 0.6 is 22.7 Å². The van der Waals surface area contributed by atoms with Crippen LogP contribution in [0.25, 0.3) is 42.0 Å². The number of imidazole rings is 2. The van der Waals surface area contributed by atoms with Crippen molar-refractivity contribution >= 4 is 46.3 Å². The van der Waals surface area contributed by atoms with Crippen molar-refractivity contribution in [3.8, 4) is 42.0 Å². The molecule has 7 aromatic rings. The van der Waals surface area contributed by atoms with E-state index in [1.165, 1.54) is 0 Å². The molecule has 66 heavy (non-hydrogen) atoms. The molecule has 12 nitrogen and oxygen atoms in total. The summed E-state index contributed by atoms with van der Waals surface area (Å²) in [5.74, 6) is 1.23. The summed E-state index contributed by atoms with van der Waals surface area (Å²) in [6.07, 6.45) is 10.5. The molecule has 11 rings (SSSR count). The quantitative estimate of drug-likeness (QED) is 0.0852. The van der Waals surface area contributed by atoms with Gasteiger partial charge in [0.2, 0.25) is 23.6 Å². The van der Waals surface area contributed by atoms with Crippen molar-refractivity contribution in [2.75, 3.05) is 13.1 Å². The molecule has 4 fully saturated rings. The fourth-order valence-corrected chi connectivity index (χ4v) is 11.3. The van der Waals surface area contributed by atoms with Crippen molar-refractivity contribution in [2.45, 2.75) is 75.5 Å². The number of likely N-dealkylation sites (tertiary alicyclic amines) is 2. The Labute approximate surface area is 390 Å². The number of H-pyrrole nitrogens is 2. The zero-order chi connectivity index (χ0) is 44.7. The molecule has 4 N–H and O–H groups in total. The molecule has 2 saturated carbocycles. The predicted octanol–water partition coefficient (Wildman–Crippen LogP) is 9.79. The average molecular weight is 915 g/mol. The smallest absolute Gasteiger partial charge is 0.250 e. The van der Waals surface area contributed by atoms with Crippen LogP contribution in [0.5, 0.6) is 0 Å². The Bertz CT molecular complexity index is 2680. The number of thiophene rings is 2. The number of rotatable bonds is 14. The minimum Gasteiger partial charge on any atom is -0.340 e. The van der Waals surface area contributed by atoms with E-state index in [1.807, 2.05) is 82.9 Å². The molecule has 4 atom stereocenters. The number of aromatic nitrogens is 4. The molecule has 0 bridgehead atoms. The number of nitrogens with zero attached hydrogens (tertiary/aromatic N) is 4. The molecule has 0 radical (unpaired) electrons. The molecular weight excluding hydrogens is 865 g/mol. The second kappa shape index (κ2) is 18.0. The highest BCUT2D eigenvalue weighted by molar-refractivity contribution is 7.19. The van der Waals surface area contributed by atoms with Crippen LogP contribution < -0.4 is 10.6 Å². The molecule has 4 aromatic heterocycles. The Morgan fingerprint density at radius 3 is 1.30 bits per heavy atom. The molecule has 334 valence electrons. The van der Waals surface area contributed by atoms with Crippen molar-refractivity contribution in [2.24, 2.45) is 11.8 Å². The van der Waals surface area contributed by atoms with E-state index in [9.17, 15) is 19.2 Å². The van der Waals surface area contributed by atoms with Gasteiger partial charge in [0.05, 0.1) is 45.6 Å². The third-order valence-corrected chi connectivity index (χ3v) is 15.7. The van der Waals surface area contributed by atoms with E-state index in [0.717, 1.165) is 116 Å². The Morgan fingerprint density at radius 2 is 0.909 bits per heavy atom. The standard InChI is InChI=1S/C52H50N8O4S2/c61-49(35-19-20-35)57-45(33-9-3-1-4-10-33)51(63)59-27-7-13-39(59)47-53-29-37(55-47)43-25-23-41(65-43)31-15-17-32(18-16-31)42-24-26-44(66-42)38-30-54-48(56-38)40-14-8-28-60(40)52(64)46(34-11-5-2-6-12-34)58-50(62)36-21-22-36/h1-6,9-12,15-18,23-26,29-30,35-36,39-40,45-46H,7-8,13-14,19-22,27-28H2,(H,53,55)(H,54,56)(H,57,61)(H,58,62). The van der Waals surface area contributed by atoms with Crippen LogP contribution in [0, 0.1) is 11.8 Å². The molecule has 2 aliphatic carbocycles. The van der Waals surface area contributed by atoms with Crippen molar-refractivity contribution in [1.29, 1.82) is 0 Å². The summed E-state index contributed by atoms with van der Waals surface area (Å²) in [6.45, 7) is 1.22. The van der Waals surface area contributed by atoms with Crippen molar-refractivity contribution in [1.82, 2.24) is 40.4 Å². The van der Waals surface area contributed by atoms with Gasteiger partial charge in [0, 0.05) is 34.7 Å². The maximum Gasteiger partial charge on any atom is 0.250 e. The van der Waals surface area contributed by atoms with E-state index in [1.54, 1.807) is 22.7 Å². The Hall–Kier alpha value is -6.64. The first-order valence-corrected chi connectivity index (χ1v) is 24.7. The third kappa shape index (κ3) is 8.62. The summed E-state index contributed by atoms with van der Waals surface area (Å²) in [7, 11) is 0. The van der Waals surface area contributed by atoms with Gasteiger partial charge in [0.25, 0.3) is 0 Å². The second-order valence-corrected chi connectivity index (χ2v) is 20.1. The first-order valence-electron chi connectivity index (χ1n) is 23.1. The van der Waals surface area contributed by atoms with Gasteiger partial charge in [-0.25, -0.2) is 9.97 Å². The van der Waals surface area contributed by atoms with Gasteiger partial charge in [0.1, 0.15) is 23.7 Å². The molecule has 4 aliphatic rings. The number of nitrogens with one attached hydrogen (secondary N) is 4. The third-order valence-electron chi connectivity index (χ3n) is 13.3. The predicted molar refractivity (Wildman–Crippen MR) is 256 cm³/mol. The Kier molecular flexibility index (Phi) is 11.4. The van der Waals surface area contributed by atoms with E-state index in [0.29, 0.717) is 13.1 Å². The van der Waals surface area contributed by atoms with E-state index in [4.69, 9.17) is 9.97 Å². The summed E-state index contributed by atoms with van der Waals surface area (Å²) in [6, 6.07) is 34.3. The molecule has 4 amide bonds. The molecule has 14 heteroatoms. The van der Waals surface area contributed by atoms with Gasteiger partial charge < -0.3 is 30.4 Å². The van der Waals surface area contributed by atoms with Gasteiger partial charge in [-0.05, 0) is 97.9 Å². The zero-order valence-electron chi connectivity index (χ0n) is 36.3. The van der Waals surface area contributed by atoms with Gasteiger partial charge >= 0.3 is 0 Å². The molecule has 0 spiro atoms. The summed E-state index contributed by atoms with van der Waals surface area (Å²) in [5, 5.41) is 6.12. The number of carbonyl (C=O) groups is 4. The molecule has 2 aliphatic heterocycles. The van der Waals surface area contributed by atoms with Gasteiger partial charge in [-0.3, -0.25) is 19.2 Å². The number of hydrogen-bond acceptors (Lipinski definition) is 8. The van der Waals surface area contributed by atoms with E-state index >= 15 is 0 Å². The summed E-state index contributed by atoms with van der Waals surface area (Å²) in [5.41, 5.74) is 5.64. The first-order chi connectivity index (χ1) is 32.3. The van der Waals surface area contributed by atoms with Crippen LogP contribution in [0.2, 0.25) is 0 Å². The van der Waals surface area contributed by atoms with Crippen molar-refractivity contribution in [3.05, 3.63) is 144 Å². The highest BCUT2D eigenvalue weighted by Gasteiger charge is 2.41. The lowest BCUT2D eigenvalue weighted by Gasteiger charge is -2.28. The van der Waals surface area contributed by atoms with Crippen LogP contribution in [0.15, 0.2) is 122 Å². The van der Waals surface area contributed by atoms with E-state index in [2.05, 4.69) is 69.1 Å². The van der Waals surface area contributed by atoms with Crippen LogP contribution in [0.4, 0.5) is 0 Å². The van der Waals surface area contributed by atoms with Crippen LogP contribution in [-0.4, -0.2) is 66.5 Å². The lowest BCUT2D eigenvalue weighted by Crippen LogP contribution is -2.43. The second-order valence-electron chi connectivity index (χ2n) is 17.9. The molecule has 2 saturated heterocycles. The monoisotopic (exact) mass is 914 g/mol. The van der Waals surface area contributed by atoms with E-state index in [-0.39, 0.29) is 47.5 Å². The number of amides is 4. The van der Waals surface area contributed by atoms with Gasteiger partial charge in [-0.2, -0.15) is 0 Å². The van der Waals surface area contributed by atoms with Gasteiger partial charge in [-0.15, -0.1) is 22.7 Å². The molecule has 4 unspecified atom stereocenters. The zero-order valence-corrected chi connectivity index (χ0v) is 38.0. The van der Waals surface area contributed by atoms with Crippen LogP contribution in [0.3, 0.4) is 0 Å². The SMILES string of the molecule is O=C(NC(C(=O)N1CCCC1c1ncc(-c2ccc(-c3ccc(-c4ccc(-c5cnc(C6CCCN6C(=O)C(NC(=O)C6CC6)c6ccccc6)[nH]5)s4)cc3)s2)[nH]1)c1ccccc1)C1CC1. The fourth-order valence-electron chi connectivity index (χ4n) is 9.38. The summed E-state index contributed by atoms with van der Waals surface area (Å²) >= 11 is 3.39. The Balaban J connectivity index is 0.745. The van der Waals surface area contributed by atoms with E-state index < -0.39 is 12.1 Å². The maximum atomic E-state index is 14.1.